The summed E-state index contributed by atoms with van der Waals surface area (Å²) in [6.45, 7) is 4.46. The van der Waals surface area contributed by atoms with Gasteiger partial charge in [0.2, 0.25) is 0 Å². The van der Waals surface area contributed by atoms with Gasteiger partial charge in [0.25, 0.3) is 0 Å². The maximum absolute atomic E-state index is 5.67. The van der Waals surface area contributed by atoms with Gasteiger partial charge in [0.1, 0.15) is 0 Å². The van der Waals surface area contributed by atoms with Gasteiger partial charge in [0.05, 0.1) is 6.04 Å². The highest BCUT2D eigenvalue weighted by Gasteiger charge is 2.49. The van der Waals surface area contributed by atoms with E-state index < -0.39 is 0 Å². The van der Waals surface area contributed by atoms with Crippen molar-refractivity contribution in [3.8, 4) is 11.4 Å². The molecule has 0 aliphatic heterocycles. The zero-order valence-corrected chi connectivity index (χ0v) is 9.96. The Morgan fingerprint density at radius 1 is 1.29 bits per heavy atom. The second-order valence-electron chi connectivity index (χ2n) is 5.28. The number of nitrogens with two attached hydrogens (primary N) is 1. The van der Waals surface area contributed by atoms with Crippen LogP contribution in [-0.4, -0.2) is 20.2 Å². The van der Waals surface area contributed by atoms with Gasteiger partial charge >= 0.3 is 0 Å². The third-order valence-corrected chi connectivity index (χ3v) is 3.42. The van der Waals surface area contributed by atoms with E-state index >= 15 is 0 Å². The van der Waals surface area contributed by atoms with Crippen molar-refractivity contribution in [2.45, 2.75) is 26.3 Å². The molecule has 1 heterocycles. The first-order valence-electron chi connectivity index (χ1n) is 5.72. The molecule has 17 heavy (non-hydrogen) atoms. The van der Waals surface area contributed by atoms with Gasteiger partial charge in [-0.1, -0.05) is 13.8 Å². The Kier molecular flexibility index (Phi) is 1.98. The van der Waals surface area contributed by atoms with Crippen LogP contribution in [-0.2, 0) is 0 Å². The van der Waals surface area contributed by atoms with Crippen LogP contribution in [0.4, 0.5) is 5.69 Å². The summed E-state index contributed by atoms with van der Waals surface area (Å²) in [6, 6.07) is 8.04. The van der Waals surface area contributed by atoms with E-state index in [2.05, 4.69) is 29.4 Å². The first-order chi connectivity index (χ1) is 8.08. The standard InChI is InChI=1S/C12H15N5/c1-12(2)7-10(12)17-11(14-15-16-17)8-3-5-9(13)6-4-8/h3-6,10H,7,13H2,1-2H3. The molecule has 0 radical (unpaired) electrons. The minimum Gasteiger partial charge on any atom is -0.399 e. The van der Waals surface area contributed by atoms with Crippen LogP contribution < -0.4 is 5.73 Å². The van der Waals surface area contributed by atoms with Gasteiger partial charge < -0.3 is 5.73 Å². The molecule has 2 aromatic rings. The highest BCUT2D eigenvalue weighted by molar-refractivity contribution is 5.58. The molecular formula is C12H15N5. The Morgan fingerprint density at radius 2 is 1.94 bits per heavy atom. The van der Waals surface area contributed by atoms with Gasteiger partial charge in [0.15, 0.2) is 5.82 Å². The molecule has 1 atom stereocenters. The normalized spacial score (nSPS) is 21.4. The van der Waals surface area contributed by atoms with Gasteiger partial charge in [-0.15, -0.1) is 5.10 Å². The fourth-order valence-corrected chi connectivity index (χ4v) is 2.08. The Hall–Kier alpha value is -1.91. The third-order valence-electron chi connectivity index (χ3n) is 3.42. The quantitative estimate of drug-likeness (QED) is 0.798. The van der Waals surface area contributed by atoms with E-state index in [-0.39, 0.29) is 0 Å². The van der Waals surface area contributed by atoms with Crippen molar-refractivity contribution in [1.29, 1.82) is 0 Å². The van der Waals surface area contributed by atoms with Gasteiger partial charge in [-0.3, -0.25) is 0 Å². The van der Waals surface area contributed by atoms with E-state index in [0.29, 0.717) is 11.5 Å². The molecule has 2 N–H and O–H groups in total. The van der Waals surface area contributed by atoms with Crippen molar-refractivity contribution in [1.82, 2.24) is 20.2 Å². The lowest BCUT2D eigenvalue weighted by molar-refractivity contribution is 0.497. The molecule has 0 amide bonds. The number of tetrazole rings is 1. The molecule has 88 valence electrons. The van der Waals surface area contributed by atoms with Crippen LogP contribution in [0.2, 0.25) is 0 Å². The molecular weight excluding hydrogens is 214 g/mol. The smallest absolute Gasteiger partial charge is 0.182 e. The second kappa shape index (κ2) is 3.29. The number of nitrogen functional groups attached to an aromatic ring is 1. The molecule has 5 nitrogen and oxygen atoms in total. The van der Waals surface area contributed by atoms with Crippen molar-refractivity contribution < 1.29 is 0 Å². The van der Waals surface area contributed by atoms with Gasteiger partial charge in [-0.2, -0.15) is 0 Å². The van der Waals surface area contributed by atoms with Gasteiger partial charge in [-0.05, 0) is 46.5 Å². The summed E-state index contributed by atoms with van der Waals surface area (Å²) in [6.07, 6.45) is 1.13. The van der Waals surface area contributed by atoms with Crippen molar-refractivity contribution in [2.24, 2.45) is 5.41 Å². The molecule has 1 aliphatic rings. The van der Waals surface area contributed by atoms with Crippen molar-refractivity contribution in [2.75, 3.05) is 5.73 Å². The summed E-state index contributed by atoms with van der Waals surface area (Å²) in [4.78, 5) is 0. The molecule has 1 unspecified atom stereocenters. The minimum atomic E-state index is 0.304. The summed E-state index contributed by atoms with van der Waals surface area (Å²) < 4.78 is 1.92. The van der Waals surface area contributed by atoms with Gasteiger partial charge in [0, 0.05) is 11.3 Å². The average Bonchev–Trinajstić information content (AvgIpc) is 2.75. The second-order valence-corrected chi connectivity index (χ2v) is 5.28. The highest BCUT2D eigenvalue weighted by Crippen LogP contribution is 2.55. The molecule has 0 saturated heterocycles. The van der Waals surface area contributed by atoms with E-state index in [1.807, 2.05) is 28.9 Å². The summed E-state index contributed by atoms with van der Waals surface area (Å²) in [5.41, 5.74) is 7.73. The predicted molar refractivity (Wildman–Crippen MR) is 65.1 cm³/mol. The molecule has 5 heteroatoms. The SMILES string of the molecule is CC1(C)CC1n1nnnc1-c1ccc(N)cc1. The Morgan fingerprint density at radius 3 is 2.53 bits per heavy atom. The van der Waals surface area contributed by atoms with Crippen LogP contribution in [0.25, 0.3) is 11.4 Å². The summed E-state index contributed by atoms with van der Waals surface area (Å²) in [5, 5.41) is 12.0. The summed E-state index contributed by atoms with van der Waals surface area (Å²) >= 11 is 0. The van der Waals surface area contributed by atoms with E-state index in [1.165, 1.54) is 0 Å². The average molecular weight is 229 g/mol. The van der Waals surface area contributed by atoms with E-state index in [1.54, 1.807) is 0 Å². The molecule has 1 fully saturated rings. The molecule has 1 aromatic heterocycles. The number of rotatable bonds is 2. The maximum atomic E-state index is 5.67. The molecule has 0 spiro atoms. The van der Waals surface area contributed by atoms with Crippen LogP contribution in [0.15, 0.2) is 24.3 Å². The van der Waals surface area contributed by atoms with Crippen molar-refractivity contribution in [3.05, 3.63) is 24.3 Å². The molecule has 0 bridgehead atoms. The molecule has 1 aromatic carbocycles. The van der Waals surface area contributed by atoms with Crippen molar-refractivity contribution >= 4 is 5.69 Å². The van der Waals surface area contributed by atoms with E-state index in [0.717, 1.165) is 23.5 Å². The highest BCUT2D eigenvalue weighted by atomic mass is 15.6. The Bertz CT molecular complexity index is 540. The lowest BCUT2D eigenvalue weighted by atomic mass is 10.1. The first-order valence-corrected chi connectivity index (χ1v) is 5.72. The Balaban J connectivity index is 1.99. The summed E-state index contributed by atoms with van der Waals surface area (Å²) in [7, 11) is 0. The Labute approximate surface area is 99.6 Å². The number of hydrogen-bond acceptors (Lipinski definition) is 4. The zero-order chi connectivity index (χ0) is 12.0. The number of hydrogen-bond donors (Lipinski definition) is 1. The maximum Gasteiger partial charge on any atom is 0.182 e. The van der Waals surface area contributed by atoms with Gasteiger partial charge in [-0.25, -0.2) is 4.68 Å². The van der Waals surface area contributed by atoms with Crippen LogP contribution in [0, 0.1) is 5.41 Å². The van der Waals surface area contributed by atoms with Crippen LogP contribution in [0.1, 0.15) is 26.3 Å². The zero-order valence-electron chi connectivity index (χ0n) is 9.96. The lowest BCUT2D eigenvalue weighted by Crippen LogP contribution is -2.04. The van der Waals surface area contributed by atoms with Crippen LogP contribution in [0.5, 0.6) is 0 Å². The fraction of sp³-hybridized carbons (Fsp3) is 0.417. The number of benzene rings is 1. The third kappa shape index (κ3) is 1.67. The molecule has 1 aliphatic carbocycles. The first kappa shape index (κ1) is 10.3. The largest absolute Gasteiger partial charge is 0.399 e. The fourth-order valence-electron chi connectivity index (χ4n) is 2.08. The number of nitrogens with zero attached hydrogens (tertiary/aromatic N) is 4. The van der Waals surface area contributed by atoms with Crippen LogP contribution >= 0.6 is 0 Å². The van der Waals surface area contributed by atoms with Crippen LogP contribution in [0.3, 0.4) is 0 Å². The monoisotopic (exact) mass is 229 g/mol. The minimum absolute atomic E-state index is 0.304. The molecule has 3 rings (SSSR count). The lowest BCUT2D eigenvalue weighted by Gasteiger charge is -2.06. The van der Waals surface area contributed by atoms with E-state index in [9.17, 15) is 0 Å². The van der Waals surface area contributed by atoms with Crippen molar-refractivity contribution in [3.63, 3.8) is 0 Å². The molecule has 1 saturated carbocycles. The van der Waals surface area contributed by atoms with E-state index in [4.69, 9.17) is 5.73 Å². The number of anilines is 1. The summed E-state index contributed by atoms with van der Waals surface area (Å²) in [5.74, 6) is 0.820. The predicted octanol–water partition coefficient (Wildman–Crippen LogP) is 1.89. The topological polar surface area (TPSA) is 69.6 Å². The number of aromatic nitrogens is 4.